The Hall–Kier alpha value is -0.403. The van der Waals surface area contributed by atoms with Gasteiger partial charge in [0, 0.05) is 3.57 Å². The van der Waals surface area contributed by atoms with E-state index in [-0.39, 0.29) is 3.42 Å². The number of allylic oxidation sites excluding steroid dienone is 4. The predicted molar refractivity (Wildman–Crippen MR) is 126 cm³/mol. The average Bonchev–Trinajstić information content (AvgIpc) is 2.54. The molecule has 0 saturated carbocycles. The van der Waals surface area contributed by atoms with Gasteiger partial charge < -0.3 is 0 Å². The van der Waals surface area contributed by atoms with E-state index < -0.39 is 8.07 Å². The van der Waals surface area contributed by atoms with Crippen LogP contribution >= 0.6 is 45.2 Å². The third-order valence-corrected chi connectivity index (χ3v) is 8.58. The Morgan fingerprint density at radius 1 is 1.00 bits per heavy atom. The molecule has 124 valence electrons. The van der Waals surface area contributed by atoms with Gasteiger partial charge in [-0.3, -0.25) is 0 Å². The zero-order valence-corrected chi connectivity index (χ0v) is 19.6. The van der Waals surface area contributed by atoms with Gasteiger partial charge in [-0.15, -0.1) is 0 Å². The maximum Gasteiger partial charge on any atom is 0.0783 e. The van der Waals surface area contributed by atoms with Crippen LogP contribution in [0.1, 0.15) is 17.5 Å². The quantitative estimate of drug-likeness (QED) is 0.230. The lowest BCUT2D eigenvalue weighted by atomic mass is 9.85. The SMILES string of the molecule is C[Si](C)(C)c1ccccc1C1=CC=CC(I)(c2cccc(I)c2)C1. The van der Waals surface area contributed by atoms with E-state index in [9.17, 15) is 0 Å². The van der Waals surface area contributed by atoms with Crippen molar-refractivity contribution in [3.63, 3.8) is 0 Å². The number of benzene rings is 2. The number of rotatable bonds is 3. The molecule has 0 fully saturated rings. The Morgan fingerprint density at radius 3 is 2.46 bits per heavy atom. The van der Waals surface area contributed by atoms with E-state index in [1.165, 1.54) is 20.3 Å². The van der Waals surface area contributed by atoms with Crippen LogP contribution < -0.4 is 5.19 Å². The summed E-state index contributed by atoms with van der Waals surface area (Å²) in [6.45, 7) is 7.30. The first-order valence-corrected chi connectivity index (χ1v) is 13.9. The van der Waals surface area contributed by atoms with E-state index in [4.69, 9.17) is 0 Å². The molecule has 0 radical (unpaired) electrons. The second-order valence-corrected chi connectivity index (χ2v) is 15.6. The van der Waals surface area contributed by atoms with Gasteiger partial charge in [0.25, 0.3) is 0 Å². The van der Waals surface area contributed by atoms with Crippen LogP contribution in [0.25, 0.3) is 5.57 Å². The number of hydrogen-bond donors (Lipinski definition) is 0. The summed E-state index contributed by atoms with van der Waals surface area (Å²) in [5.41, 5.74) is 4.30. The van der Waals surface area contributed by atoms with Crippen LogP contribution in [0.4, 0.5) is 0 Å². The van der Waals surface area contributed by atoms with Crippen molar-refractivity contribution >= 4 is 64.0 Å². The van der Waals surface area contributed by atoms with Gasteiger partial charge in [-0.05, 0) is 57.8 Å². The van der Waals surface area contributed by atoms with E-state index in [1.54, 1.807) is 5.19 Å². The molecule has 0 N–H and O–H groups in total. The summed E-state index contributed by atoms with van der Waals surface area (Å²) in [7, 11) is -1.36. The van der Waals surface area contributed by atoms with Crippen molar-refractivity contribution in [2.75, 3.05) is 0 Å². The zero-order valence-electron chi connectivity index (χ0n) is 14.3. The fourth-order valence-electron chi connectivity index (χ4n) is 3.26. The molecule has 0 bridgehead atoms. The van der Waals surface area contributed by atoms with Crippen LogP contribution in [0.2, 0.25) is 19.6 Å². The molecule has 2 aromatic carbocycles. The van der Waals surface area contributed by atoms with Crippen molar-refractivity contribution in [3.8, 4) is 0 Å². The van der Waals surface area contributed by atoms with E-state index in [2.05, 4.69) is 132 Å². The maximum atomic E-state index is 2.63. The summed E-state index contributed by atoms with van der Waals surface area (Å²) in [5.74, 6) is 0. The minimum absolute atomic E-state index is 0.0373. The summed E-state index contributed by atoms with van der Waals surface area (Å²) >= 11 is 5.03. The normalized spacial score (nSPS) is 20.8. The summed E-state index contributed by atoms with van der Waals surface area (Å²) in [4.78, 5) is 0. The lowest BCUT2D eigenvalue weighted by Crippen LogP contribution is -2.40. The Labute approximate surface area is 173 Å². The molecule has 0 amide bonds. The summed E-state index contributed by atoms with van der Waals surface area (Å²) in [5, 5.41) is 1.56. The molecule has 3 rings (SSSR count). The molecule has 0 saturated heterocycles. The predicted octanol–water partition coefficient (Wildman–Crippen LogP) is 6.51. The van der Waals surface area contributed by atoms with Crippen molar-refractivity contribution in [1.29, 1.82) is 0 Å². The Morgan fingerprint density at radius 2 is 1.75 bits per heavy atom. The highest BCUT2D eigenvalue weighted by Crippen LogP contribution is 2.44. The molecule has 1 atom stereocenters. The van der Waals surface area contributed by atoms with Crippen molar-refractivity contribution in [1.82, 2.24) is 0 Å². The van der Waals surface area contributed by atoms with Gasteiger partial charge in [0.05, 0.1) is 11.5 Å². The maximum absolute atomic E-state index is 2.63. The molecule has 1 unspecified atom stereocenters. The molecule has 0 aliphatic heterocycles. The van der Waals surface area contributed by atoms with Gasteiger partial charge in [0.1, 0.15) is 0 Å². The molecule has 2 aromatic rings. The van der Waals surface area contributed by atoms with Crippen molar-refractivity contribution in [2.24, 2.45) is 0 Å². The van der Waals surface area contributed by atoms with Gasteiger partial charge in [0.2, 0.25) is 0 Å². The molecule has 1 aliphatic rings. The second-order valence-electron chi connectivity index (χ2n) is 7.40. The zero-order chi connectivity index (χ0) is 17.4. The first kappa shape index (κ1) is 18.4. The van der Waals surface area contributed by atoms with Crippen LogP contribution in [-0.4, -0.2) is 8.07 Å². The van der Waals surface area contributed by atoms with E-state index in [0.29, 0.717) is 0 Å². The highest BCUT2D eigenvalue weighted by Gasteiger charge is 2.31. The monoisotopic (exact) mass is 556 g/mol. The Kier molecular flexibility index (Phi) is 5.42. The fourth-order valence-corrected chi connectivity index (χ4v) is 6.40. The van der Waals surface area contributed by atoms with Crippen LogP contribution in [-0.2, 0) is 3.42 Å². The number of hydrogen-bond acceptors (Lipinski definition) is 0. The lowest BCUT2D eigenvalue weighted by molar-refractivity contribution is 0.831. The number of alkyl halides is 1. The lowest BCUT2D eigenvalue weighted by Gasteiger charge is -2.31. The third-order valence-electron chi connectivity index (χ3n) is 4.49. The van der Waals surface area contributed by atoms with Crippen LogP contribution in [0.15, 0.2) is 66.8 Å². The summed E-state index contributed by atoms with van der Waals surface area (Å²) < 4.78 is 1.34. The van der Waals surface area contributed by atoms with Gasteiger partial charge in [-0.1, -0.05) is 102 Å². The third kappa shape index (κ3) is 3.88. The molecule has 24 heavy (non-hydrogen) atoms. The van der Waals surface area contributed by atoms with Gasteiger partial charge >= 0.3 is 0 Å². The molecule has 0 aromatic heterocycles. The molecule has 0 heterocycles. The van der Waals surface area contributed by atoms with Gasteiger partial charge in [-0.2, -0.15) is 0 Å². The second kappa shape index (κ2) is 7.07. The average molecular weight is 556 g/mol. The smallest absolute Gasteiger partial charge is 0.0687 e. The molecule has 0 nitrogen and oxygen atoms in total. The topological polar surface area (TPSA) is 0 Å². The minimum Gasteiger partial charge on any atom is -0.0687 e. The first-order valence-electron chi connectivity index (χ1n) is 8.23. The summed E-state index contributed by atoms with van der Waals surface area (Å²) in [6, 6.07) is 17.9. The standard InChI is InChI=1S/C21H22I2Si/c1-24(2,3)20-12-5-4-11-19(20)16-8-7-13-21(23,15-16)17-9-6-10-18(22)14-17/h4-14H,15H2,1-3H3. The highest BCUT2D eigenvalue weighted by molar-refractivity contribution is 14.1. The van der Waals surface area contributed by atoms with Crippen LogP contribution in [0.5, 0.6) is 0 Å². The van der Waals surface area contributed by atoms with E-state index >= 15 is 0 Å². The van der Waals surface area contributed by atoms with E-state index in [1.807, 2.05) is 0 Å². The number of halogens is 2. The first-order chi connectivity index (χ1) is 11.3. The van der Waals surface area contributed by atoms with Gasteiger partial charge in [-0.25, -0.2) is 0 Å². The Bertz CT molecular complexity index is 815. The molecule has 3 heteroatoms. The van der Waals surface area contributed by atoms with Crippen LogP contribution in [0.3, 0.4) is 0 Å². The van der Waals surface area contributed by atoms with Crippen molar-refractivity contribution < 1.29 is 0 Å². The molecule has 0 spiro atoms. The molecule has 1 aliphatic carbocycles. The molecular formula is C21H22I2Si. The van der Waals surface area contributed by atoms with Crippen molar-refractivity contribution in [2.45, 2.75) is 29.5 Å². The largest absolute Gasteiger partial charge is 0.0783 e. The Balaban J connectivity index is 2.01. The van der Waals surface area contributed by atoms with E-state index in [0.717, 1.165) is 6.42 Å². The van der Waals surface area contributed by atoms with Gasteiger partial charge in [0.15, 0.2) is 0 Å². The fraction of sp³-hybridized carbons (Fsp3) is 0.238. The highest BCUT2D eigenvalue weighted by atomic mass is 127. The minimum atomic E-state index is -1.36. The van der Waals surface area contributed by atoms with Crippen LogP contribution in [0, 0.1) is 3.57 Å². The van der Waals surface area contributed by atoms with Crippen molar-refractivity contribution in [3.05, 3.63) is 81.5 Å². The summed E-state index contributed by atoms with van der Waals surface area (Å²) in [6.07, 6.45) is 7.95. The molecular weight excluding hydrogens is 534 g/mol.